The second kappa shape index (κ2) is 10.2. The van der Waals surface area contributed by atoms with E-state index in [4.69, 9.17) is 4.43 Å². The van der Waals surface area contributed by atoms with Crippen LogP contribution in [-0.4, -0.2) is 29.0 Å². The minimum Gasteiger partial charge on any atom is -0.422 e. The van der Waals surface area contributed by atoms with Crippen LogP contribution in [0.3, 0.4) is 0 Å². The predicted octanol–water partition coefficient (Wildman–Crippen LogP) is 1.69. The smallest absolute Gasteiger partial charge is 0.161 e. The maximum Gasteiger partial charge on any atom is 0.161 e. The fraction of sp³-hybridized carbons (Fsp3) is 1.00. The van der Waals surface area contributed by atoms with Crippen LogP contribution in [0.1, 0.15) is 40.0 Å². The van der Waals surface area contributed by atoms with Crippen molar-refractivity contribution in [2.24, 2.45) is 0 Å². The summed E-state index contributed by atoms with van der Waals surface area (Å²) in [6, 6.07) is 1.32. The van der Waals surface area contributed by atoms with Crippen molar-refractivity contribution in [2.75, 3.05) is 13.1 Å². The molecule has 13 heavy (non-hydrogen) atoms. The van der Waals surface area contributed by atoms with Gasteiger partial charge in [0.1, 0.15) is 0 Å². The standard InChI is InChI=1S/C10H25NOSi/c1-4-5-7-11-8-6-9-13-12-10(2)3/h10-11H,4-9,13H2,1-3H3. The first kappa shape index (κ1) is 13.1. The topological polar surface area (TPSA) is 21.3 Å². The summed E-state index contributed by atoms with van der Waals surface area (Å²) in [5.74, 6) is 0. The average molecular weight is 203 g/mol. The zero-order chi connectivity index (χ0) is 9.94. The number of unbranched alkanes of at least 4 members (excludes halogenated alkanes) is 1. The van der Waals surface area contributed by atoms with E-state index in [1.807, 2.05) is 0 Å². The molecule has 0 rings (SSSR count). The Labute approximate surface area is 85.4 Å². The van der Waals surface area contributed by atoms with Crippen molar-refractivity contribution in [2.45, 2.75) is 52.2 Å². The summed E-state index contributed by atoms with van der Waals surface area (Å²) in [6.07, 6.45) is 4.33. The van der Waals surface area contributed by atoms with E-state index >= 15 is 0 Å². The molecule has 0 aromatic heterocycles. The SMILES string of the molecule is CCCCNCCC[SiH2]OC(C)C. The third-order valence-corrected chi connectivity index (χ3v) is 3.60. The van der Waals surface area contributed by atoms with E-state index < -0.39 is 0 Å². The molecule has 0 atom stereocenters. The predicted molar refractivity (Wildman–Crippen MR) is 62.0 cm³/mol. The molecule has 0 aliphatic rings. The van der Waals surface area contributed by atoms with Crippen LogP contribution in [0.5, 0.6) is 0 Å². The summed E-state index contributed by atoms with van der Waals surface area (Å²) in [4.78, 5) is 0. The Hall–Kier alpha value is 0.137. The summed E-state index contributed by atoms with van der Waals surface area (Å²) >= 11 is 0. The molecule has 0 saturated heterocycles. The van der Waals surface area contributed by atoms with Gasteiger partial charge in [0, 0.05) is 6.10 Å². The highest BCUT2D eigenvalue weighted by molar-refractivity contribution is 6.27. The molecule has 0 bridgehead atoms. The first-order chi connectivity index (χ1) is 6.27. The van der Waals surface area contributed by atoms with Gasteiger partial charge in [-0.15, -0.1) is 0 Å². The van der Waals surface area contributed by atoms with Gasteiger partial charge < -0.3 is 9.74 Å². The van der Waals surface area contributed by atoms with E-state index in [1.165, 1.54) is 38.4 Å². The molecule has 0 fully saturated rings. The summed E-state index contributed by atoms with van der Waals surface area (Å²) in [6.45, 7) is 8.82. The van der Waals surface area contributed by atoms with Crippen molar-refractivity contribution in [3.05, 3.63) is 0 Å². The van der Waals surface area contributed by atoms with E-state index in [0.717, 1.165) is 0 Å². The van der Waals surface area contributed by atoms with Crippen molar-refractivity contribution in [1.82, 2.24) is 5.32 Å². The Morgan fingerprint density at radius 3 is 2.54 bits per heavy atom. The third-order valence-electron chi connectivity index (χ3n) is 1.91. The van der Waals surface area contributed by atoms with Gasteiger partial charge in [0.05, 0.1) is 0 Å². The highest BCUT2D eigenvalue weighted by Crippen LogP contribution is 1.92. The lowest BCUT2D eigenvalue weighted by Gasteiger charge is -2.07. The molecule has 0 heterocycles. The van der Waals surface area contributed by atoms with Crippen LogP contribution in [-0.2, 0) is 4.43 Å². The zero-order valence-corrected chi connectivity index (χ0v) is 10.8. The molecule has 1 N–H and O–H groups in total. The molecule has 0 aliphatic heterocycles. The normalized spacial score (nSPS) is 12.0. The summed E-state index contributed by atoms with van der Waals surface area (Å²) in [7, 11) is -0.216. The Bertz CT molecular complexity index is 98.9. The molecule has 2 nitrogen and oxygen atoms in total. The average Bonchev–Trinajstić information content (AvgIpc) is 2.09. The molecular weight excluding hydrogens is 178 g/mol. The lowest BCUT2D eigenvalue weighted by Crippen LogP contribution is -2.17. The van der Waals surface area contributed by atoms with Gasteiger partial charge in [0.25, 0.3) is 0 Å². The molecule has 0 saturated carbocycles. The minimum atomic E-state index is -0.216. The Morgan fingerprint density at radius 2 is 1.92 bits per heavy atom. The number of hydrogen-bond donors (Lipinski definition) is 1. The van der Waals surface area contributed by atoms with Crippen LogP contribution in [0.25, 0.3) is 0 Å². The Balaban J connectivity index is 2.84. The number of rotatable bonds is 9. The van der Waals surface area contributed by atoms with Gasteiger partial charge in [-0.2, -0.15) is 0 Å². The first-order valence-corrected chi connectivity index (χ1v) is 7.17. The summed E-state index contributed by atoms with van der Waals surface area (Å²) in [5.41, 5.74) is 0. The van der Waals surface area contributed by atoms with Crippen molar-refractivity contribution in [1.29, 1.82) is 0 Å². The highest BCUT2D eigenvalue weighted by Gasteiger charge is 1.93. The van der Waals surface area contributed by atoms with Crippen LogP contribution >= 0.6 is 0 Å². The summed E-state index contributed by atoms with van der Waals surface area (Å²) in [5, 5.41) is 3.44. The van der Waals surface area contributed by atoms with Gasteiger partial charge in [-0.1, -0.05) is 13.3 Å². The van der Waals surface area contributed by atoms with Crippen LogP contribution in [0, 0.1) is 0 Å². The second-order valence-corrected chi connectivity index (χ2v) is 5.18. The van der Waals surface area contributed by atoms with E-state index in [9.17, 15) is 0 Å². The second-order valence-electron chi connectivity index (χ2n) is 3.73. The van der Waals surface area contributed by atoms with Gasteiger partial charge in [0.15, 0.2) is 9.76 Å². The van der Waals surface area contributed by atoms with Gasteiger partial charge >= 0.3 is 0 Å². The molecular formula is C10H25NOSi. The van der Waals surface area contributed by atoms with E-state index in [-0.39, 0.29) is 9.76 Å². The molecule has 0 amide bonds. The van der Waals surface area contributed by atoms with Crippen molar-refractivity contribution in [3.8, 4) is 0 Å². The summed E-state index contributed by atoms with van der Waals surface area (Å²) < 4.78 is 5.58. The van der Waals surface area contributed by atoms with Crippen molar-refractivity contribution in [3.63, 3.8) is 0 Å². The molecule has 3 heteroatoms. The van der Waals surface area contributed by atoms with Crippen LogP contribution < -0.4 is 5.32 Å². The third kappa shape index (κ3) is 12.1. The fourth-order valence-corrected chi connectivity index (χ4v) is 2.19. The first-order valence-electron chi connectivity index (χ1n) is 5.59. The Kier molecular flexibility index (Phi) is 10.3. The molecule has 0 radical (unpaired) electrons. The molecule has 0 spiro atoms. The highest BCUT2D eigenvalue weighted by atomic mass is 28.2. The molecule has 80 valence electrons. The fourth-order valence-electron chi connectivity index (χ4n) is 1.10. The van der Waals surface area contributed by atoms with Crippen molar-refractivity contribution < 1.29 is 4.43 Å². The number of nitrogens with one attached hydrogen (secondary N) is 1. The van der Waals surface area contributed by atoms with E-state index in [0.29, 0.717) is 6.10 Å². The monoisotopic (exact) mass is 203 g/mol. The molecule has 0 aliphatic carbocycles. The lowest BCUT2D eigenvalue weighted by atomic mass is 10.3. The van der Waals surface area contributed by atoms with Crippen LogP contribution in [0.2, 0.25) is 6.04 Å². The van der Waals surface area contributed by atoms with Crippen LogP contribution in [0.15, 0.2) is 0 Å². The van der Waals surface area contributed by atoms with Gasteiger partial charge in [-0.3, -0.25) is 0 Å². The largest absolute Gasteiger partial charge is 0.422 e. The molecule has 0 unspecified atom stereocenters. The number of hydrogen-bond acceptors (Lipinski definition) is 2. The van der Waals surface area contributed by atoms with E-state index in [1.54, 1.807) is 0 Å². The lowest BCUT2D eigenvalue weighted by molar-refractivity contribution is 0.255. The van der Waals surface area contributed by atoms with Gasteiger partial charge in [-0.05, 0) is 45.8 Å². The minimum absolute atomic E-state index is 0.216. The quantitative estimate of drug-likeness (QED) is 0.455. The van der Waals surface area contributed by atoms with Crippen molar-refractivity contribution >= 4 is 9.76 Å². The van der Waals surface area contributed by atoms with Crippen LogP contribution in [0.4, 0.5) is 0 Å². The maximum atomic E-state index is 5.58. The van der Waals surface area contributed by atoms with E-state index in [2.05, 4.69) is 26.1 Å². The Morgan fingerprint density at radius 1 is 1.23 bits per heavy atom. The molecule has 0 aromatic rings. The maximum absolute atomic E-state index is 5.58. The zero-order valence-electron chi connectivity index (χ0n) is 9.44. The van der Waals surface area contributed by atoms with Gasteiger partial charge in [0.2, 0.25) is 0 Å². The van der Waals surface area contributed by atoms with Gasteiger partial charge in [-0.25, -0.2) is 0 Å². The molecule has 0 aromatic carbocycles.